The third kappa shape index (κ3) is 8.48. The molecule has 0 aliphatic carbocycles. The monoisotopic (exact) mass is 483 g/mol. The number of amides is 1. The average Bonchev–Trinajstić information content (AvgIpc) is 2.82. The van der Waals surface area contributed by atoms with Crippen molar-refractivity contribution in [3.05, 3.63) is 75.5 Å². The van der Waals surface area contributed by atoms with Gasteiger partial charge in [0.1, 0.15) is 22.8 Å². The Bertz CT molecular complexity index is 1130. The second kappa shape index (κ2) is 13.2. The van der Waals surface area contributed by atoms with Crippen LogP contribution in [0.25, 0.3) is 6.08 Å². The van der Waals surface area contributed by atoms with Crippen molar-refractivity contribution in [2.45, 2.75) is 46.5 Å². The van der Waals surface area contributed by atoms with E-state index in [0.717, 1.165) is 11.3 Å². The Labute approximate surface area is 205 Å². The lowest BCUT2D eigenvalue weighted by molar-refractivity contribution is 0.102. The molecular formula is C27H33NO7. The van der Waals surface area contributed by atoms with Crippen molar-refractivity contribution in [1.29, 1.82) is 0 Å². The summed E-state index contributed by atoms with van der Waals surface area (Å²) in [6.07, 6.45) is 5.45. The lowest BCUT2D eigenvalue weighted by atomic mass is 9.99. The maximum absolute atomic E-state index is 12.9. The van der Waals surface area contributed by atoms with Crippen LogP contribution in [0.2, 0.25) is 0 Å². The number of Topliss-reactive ketones (excluding diaryl/α,β-unsaturated/α-hetero) is 1. The van der Waals surface area contributed by atoms with Gasteiger partial charge in [-0.15, -0.1) is 0 Å². The van der Waals surface area contributed by atoms with Crippen LogP contribution in [0.15, 0.2) is 57.4 Å². The first-order valence-electron chi connectivity index (χ1n) is 11.4. The topological polar surface area (TPSA) is 115 Å². The Morgan fingerprint density at radius 3 is 2.46 bits per heavy atom. The van der Waals surface area contributed by atoms with E-state index in [0.29, 0.717) is 25.4 Å². The van der Waals surface area contributed by atoms with Crippen LogP contribution in [-0.2, 0) is 4.74 Å². The van der Waals surface area contributed by atoms with Crippen LogP contribution in [0.1, 0.15) is 68.1 Å². The maximum atomic E-state index is 12.9. The van der Waals surface area contributed by atoms with Crippen LogP contribution in [0.4, 0.5) is 4.79 Å². The van der Waals surface area contributed by atoms with Gasteiger partial charge in [-0.25, -0.2) is 9.59 Å². The molecule has 0 fully saturated rings. The molecule has 0 saturated heterocycles. The number of nitrogens with one attached hydrogen (secondary N) is 1. The molecule has 0 bridgehead atoms. The molecule has 1 amide bonds. The lowest BCUT2D eigenvalue weighted by Gasteiger charge is -2.11. The first-order chi connectivity index (χ1) is 16.6. The fourth-order valence-electron chi connectivity index (χ4n) is 3.14. The summed E-state index contributed by atoms with van der Waals surface area (Å²) in [5.41, 5.74) is -0.234. The van der Waals surface area contributed by atoms with E-state index in [4.69, 9.17) is 9.15 Å². The van der Waals surface area contributed by atoms with Gasteiger partial charge >= 0.3 is 11.7 Å². The number of ether oxygens (including phenoxy) is 2. The fraction of sp³-hybridized carbons (Fsp3) is 0.370. The number of alkyl carbamates (subject to hydrolysis) is 1. The Morgan fingerprint density at radius 2 is 1.86 bits per heavy atom. The van der Waals surface area contributed by atoms with Gasteiger partial charge in [-0.1, -0.05) is 39.0 Å². The van der Waals surface area contributed by atoms with E-state index in [1.54, 1.807) is 19.1 Å². The van der Waals surface area contributed by atoms with Crippen LogP contribution in [-0.4, -0.2) is 30.7 Å². The molecule has 1 heterocycles. The van der Waals surface area contributed by atoms with Crippen LogP contribution in [0.5, 0.6) is 11.5 Å². The number of aromatic hydroxyl groups is 1. The summed E-state index contributed by atoms with van der Waals surface area (Å²) in [7, 11) is 1.27. The highest BCUT2D eigenvalue weighted by Gasteiger charge is 2.22. The quantitative estimate of drug-likeness (QED) is 0.324. The molecule has 188 valence electrons. The fourth-order valence-corrected chi connectivity index (χ4v) is 3.14. The molecule has 0 spiro atoms. The van der Waals surface area contributed by atoms with Gasteiger partial charge in [0.2, 0.25) is 0 Å². The summed E-state index contributed by atoms with van der Waals surface area (Å²) in [4.78, 5) is 36.4. The number of benzene rings is 1. The largest absolute Gasteiger partial charge is 0.507 e. The number of carbonyl (C=O) groups is 2. The Kier molecular flexibility index (Phi) is 10.3. The number of carbonyl (C=O) groups excluding carboxylic acids is 2. The van der Waals surface area contributed by atoms with Gasteiger partial charge in [-0.2, -0.15) is 0 Å². The van der Waals surface area contributed by atoms with Gasteiger partial charge in [0.05, 0.1) is 13.7 Å². The average molecular weight is 484 g/mol. The minimum absolute atomic E-state index is 0.200. The summed E-state index contributed by atoms with van der Waals surface area (Å²) in [5.74, 6) is 0.201. The van der Waals surface area contributed by atoms with Crippen molar-refractivity contribution < 1.29 is 28.6 Å². The predicted octanol–water partition coefficient (Wildman–Crippen LogP) is 5.42. The molecule has 0 aliphatic heterocycles. The number of hydrogen-bond donors (Lipinski definition) is 2. The van der Waals surface area contributed by atoms with Gasteiger partial charge in [-0.3, -0.25) is 10.1 Å². The standard InChI is InChI=1S/C27H33NO7/c1-17(2)16-34-21-11-9-20(10-12-21)14-19(4)25(30)24-22(29)15-23(35-26(24)31)18(3)8-6-7-13-28-27(32)33-5/h7,9-15,17-18,29H,6,8,16H2,1-5H3,(H,28,32)/b13-7+,19-14+. The number of hydrogen-bond acceptors (Lipinski definition) is 7. The van der Waals surface area contributed by atoms with Crippen molar-refractivity contribution in [3.63, 3.8) is 0 Å². The molecule has 35 heavy (non-hydrogen) atoms. The maximum Gasteiger partial charge on any atom is 0.410 e. The molecule has 1 aromatic carbocycles. The van der Waals surface area contributed by atoms with E-state index in [2.05, 4.69) is 23.9 Å². The van der Waals surface area contributed by atoms with Crippen molar-refractivity contribution in [3.8, 4) is 11.5 Å². The zero-order valence-electron chi connectivity index (χ0n) is 20.8. The minimum Gasteiger partial charge on any atom is -0.507 e. The Morgan fingerprint density at radius 1 is 1.17 bits per heavy atom. The first kappa shape index (κ1) is 27.4. The van der Waals surface area contributed by atoms with Crippen LogP contribution >= 0.6 is 0 Å². The van der Waals surface area contributed by atoms with E-state index >= 15 is 0 Å². The molecule has 0 radical (unpaired) electrons. The van der Waals surface area contributed by atoms with Crippen LogP contribution < -0.4 is 15.7 Å². The first-order valence-corrected chi connectivity index (χ1v) is 11.4. The lowest BCUT2D eigenvalue weighted by Crippen LogP contribution is -2.16. The summed E-state index contributed by atoms with van der Waals surface area (Å²) in [6, 6.07) is 8.57. The zero-order valence-corrected chi connectivity index (χ0v) is 20.8. The molecular weight excluding hydrogens is 450 g/mol. The SMILES string of the molecule is COC(=O)N/C=C/CCC(C)c1cc(O)c(C(=O)/C(C)=C/c2ccc(OCC(C)C)cc2)c(=O)o1. The predicted molar refractivity (Wildman–Crippen MR) is 134 cm³/mol. The third-order valence-corrected chi connectivity index (χ3v) is 5.14. The van der Waals surface area contributed by atoms with Crippen LogP contribution in [0.3, 0.4) is 0 Å². The molecule has 0 aliphatic rings. The molecule has 2 rings (SSSR count). The van der Waals surface area contributed by atoms with E-state index in [9.17, 15) is 19.5 Å². The Hall–Kier alpha value is -3.81. The molecule has 2 N–H and O–H groups in total. The van der Waals surface area contributed by atoms with Crippen molar-refractivity contribution >= 4 is 18.0 Å². The molecule has 1 unspecified atom stereocenters. The van der Waals surface area contributed by atoms with Gasteiger partial charge < -0.3 is 19.0 Å². The normalized spacial score (nSPS) is 12.6. The third-order valence-electron chi connectivity index (χ3n) is 5.14. The molecule has 8 nitrogen and oxygen atoms in total. The van der Waals surface area contributed by atoms with Crippen LogP contribution in [0, 0.1) is 5.92 Å². The molecule has 2 aromatic rings. The highest BCUT2D eigenvalue weighted by atomic mass is 16.5. The number of rotatable bonds is 11. The van der Waals surface area contributed by atoms with Gasteiger partial charge in [-0.05, 0) is 55.0 Å². The number of methoxy groups -OCH3 is 1. The van der Waals surface area contributed by atoms with Crippen molar-refractivity contribution in [2.24, 2.45) is 5.92 Å². The highest BCUT2D eigenvalue weighted by molar-refractivity contribution is 6.12. The summed E-state index contributed by atoms with van der Waals surface area (Å²) >= 11 is 0. The van der Waals surface area contributed by atoms with Crippen molar-refractivity contribution in [2.75, 3.05) is 13.7 Å². The second-order valence-corrected chi connectivity index (χ2v) is 8.64. The summed E-state index contributed by atoms with van der Waals surface area (Å²) in [5, 5.41) is 12.9. The summed E-state index contributed by atoms with van der Waals surface area (Å²) < 4.78 is 15.5. The highest BCUT2D eigenvalue weighted by Crippen LogP contribution is 2.26. The molecule has 8 heteroatoms. The van der Waals surface area contributed by atoms with E-state index in [-0.39, 0.29) is 17.3 Å². The molecule has 1 atom stereocenters. The Balaban J connectivity index is 2.08. The van der Waals surface area contributed by atoms with Crippen molar-refractivity contribution in [1.82, 2.24) is 5.32 Å². The summed E-state index contributed by atoms with van der Waals surface area (Å²) in [6.45, 7) is 8.15. The van der Waals surface area contributed by atoms with Gasteiger partial charge in [0.15, 0.2) is 5.78 Å². The van der Waals surface area contributed by atoms with E-state index in [1.807, 2.05) is 31.2 Å². The molecule has 1 aromatic heterocycles. The minimum atomic E-state index is -0.884. The van der Waals surface area contributed by atoms with Gasteiger partial charge in [0.25, 0.3) is 0 Å². The number of ketones is 1. The second-order valence-electron chi connectivity index (χ2n) is 8.64. The van der Waals surface area contributed by atoms with E-state index < -0.39 is 28.8 Å². The van der Waals surface area contributed by atoms with E-state index in [1.165, 1.54) is 19.4 Å². The zero-order chi connectivity index (χ0) is 26.0. The van der Waals surface area contributed by atoms with Gasteiger partial charge in [0, 0.05) is 18.2 Å². The molecule has 0 saturated carbocycles. The smallest absolute Gasteiger partial charge is 0.410 e. The number of allylic oxidation sites excluding steroid dienone is 2.